The van der Waals surface area contributed by atoms with Crippen LogP contribution in [0.2, 0.25) is 0 Å². The highest BCUT2D eigenvalue weighted by Gasteiger charge is 2.22. The molecule has 102 valence electrons. The van der Waals surface area contributed by atoms with Gasteiger partial charge in [-0.05, 0) is 36.1 Å². The standard InChI is InChI=1S/C14H16N2O2.ClH/c1-3-8-16-13-7-5-10-4-6-11(9-12(10)13)18-14(17)15-2;/h1,4,6,9,13,16H,5,7-8H2,2H3,(H,15,17);1H/t13-;/m1./s1. The number of terminal acetylenes is 1. The van der Waals surface area contributed by atoms with Crippen molar-refractivity contribution >= 4 is 18.5 Å². The molecule has 1 amide bonds. The van der Waals surface area contributed by atoms with Gasteiger partial charge in [0.05, 0.1) is 6.54 Å². The van der Waals surface area contributed by atoms with Gasteiger partial charge in [0.1, 0.15) is 5.75 Å². The molecule has 0 aromatic heterocycles. The van der Waals surface area contributed by atoms with Crippen molar-refractivity contribution in [2.24, 2.45) is 0 Å². The molecule has 0 unspecified atom stereocenters. The number of rotatable bonds is 3. The zero-order chi connectivity index (χ0) is 13.0. The van der Waals surface area contributed by atoms with Crippen LogP contribution in [0.15, 0.2) is 18.2 Å². The molecule has 0 aliphatic heterocycles. The predicted octanol–water partition coefficient (Wildman–Crippen LogP) is 2.04. The lowest BCUT2D eigenvalue weighted by Crippen LogP contribution is -2.22. The van der Waals surface area contributed by atoms with E-state index in [1.54, 1.807) is 0 Å². The lowest BCUT2D eigenvalue weighted by Gasteiger charge is -2.13. The van der Waals surface area contributed by atoms with Crippen molar-refractivity contribution in [2.75, 3.05) is 13.6 Å². The van der Waals surface area contributed by atoms with Crippen molar-refractivity contribution in [3.63, 3.8) is 0 Å². The third-order valence-electron chi connectivity index (χ3n) is 3.06. The fourth-order valence-electron chi connectivity index (χ4n) is 2.20. The van der Waals surface area contributed by atoms with Gasteiger partial charge in [0, 0.05) is 13.1 Å². The number of carbonyl (C=O) groups excluding carboxylic acids is 1. The van der Waals surface area contributed by atoms with Crippen molar-refractivity contribution < 1.29 is 9.53 Å². The maximum Gasteiger partial charge on any atom is 0.412 e. The molecule has 0 spiro atoms. The van der Waals surface area contributed by atoms with Gasteiger partial charge in [0.15, 0.2) is 0 Å². The molecule has 19 heavy (non-hydrogen) atoms. The van der Waals surface area contributed by atoms with Gasteiger partial charge in [-0.1, -0.05) is 12.0 Å². The molecule has 1 aliphatic carbocycles. The maximum absolute atomic E-state index is 11.2. The number of fused-ring (bicyclic) bond motifs is 1. The Morgan fingerprint density at radius 3 is 3.05 bits per heavy atom. The number of aryl methyl sites for hydroxylation is 1. The monoisotopic (exact) mass is 280 g/mol. The molecule has 1 aromatic rings. The molecule has 0 radical (unpaired) electrons. The molecule has 1 aliphatic rings. The van der Waals surface area contributed by atoms with E-state index in [1.807, 2.05) is 18.2 Å². The second kappa shape index (κ2) is 7.03. The highest BCUT2D eigenvalue weighted by molar-refractivity contribution is 5.85. The van der Waals surface area contributed by atoms with Gasteiger partial charge < -0.3 is 10.1 Å². The minimum atomic E-state index is -0.457. The average Bonchev–Trinajstić information content (AvgIpc) is 2.78. The van der Waals surface area contributed by atoms with Crippen LogP contribution in [0, 0.1) is 12.3 Å². The zero-order valence-electron chi connectivity index (χ0n) is 10.7. The topological polar surface area (TPSA) is 50.4 Å². The summed E-state index contributed by atoms with van der Waals surface area (Å²) in [7, 11) is 1.53. The molecule has 2 rings (SSSR count). The minimum absolute atomic E-state index is 0. The Kier molecular flexibility index (Phi) is 5.68. The first-order valence-electron chi connectivity index (χ1n) is 5.94. The molecular formula is C14H17ClN2O2. The summed E-state index contributed by atoms with van der Waals surface area (Å²) in [5.41, 5.74) is 2.46. The molecule has 0 bridgehead atoms. The third kappa shape index (κ3) is 3.63. The van der Waals surface area contributed by atoms with E-state index in [1.165, 1.54) is 18.2 Å². The van der Waals surface area contributed by atoms with E-state index in [0.29, 0.717) is 12.3 Å². The fourth-order valence-corrected chi connectivity index (χ4v) is 2.20. The molecule has 0 saturated carbocycles. The first kappa shape index (κ1) is 15.4. The van der Waals surface area contributed by atoms with Gasteiger partial charge in [-0.3, -0.25) is 5.32 Å². The van der Waals surface area contributed by atoms with E-state index in [0.717, 1.165) is 12.8 Å². The average molecular weight is 281 g/mol. The number of carbonyl (C=O) groups is 1. The van der Waals surface area contributed by atoms with Crippen molar-refractivity contribution in [3.05, 3.63) is 29.3 Å². The Hall–Kier alpha value is -1.70. The lowest BCUT2D eigenvalue weighted by molar-refractivity contribution is 0.203. The van der Waals surface area contributed by atoms with Crippen molar-refractivity contribution in [1.29, 1.82) is 0 Å². The second-order valence-electron chi connectivity index (χ2n) is 4.18. The number of hydrogen-bond acceptors (Lipinski definition) is 3. The van der Waals surface area contributed by atoms with Crippen LogP contribution >= 0.6 is 12.4 Å². The summed E-state index contributed by atoms with van der Waals surface area (Å²) in [6.07, 6.45) is 6.85. The lowest BCUT2D eigenvalue weighted by atomic mass is 10.1. The Bertz CT molecular complexity index is 497. The Morgan fingerprint density at radius 2 is 2.37 bits per heavy atom. The summed E-state index contributed by atoms with van der Waals surface area (Å²) in [5.74, 6) is 3.13. The van der Waals surface area contributed by atoms with Gasteiger partial charge in [-0.15, -0.1) is 18.8 Å². The summed E-state index contributed by atoms with van der Waals surface area (Å²) < 4.78 is 5.12. The SMILES string of the molecule is C#CCN[C@@H]1CCc2ccc(OC(=O)NC)cc21.Cl. The van der Waals surface area contributed by atoms with Gasteiger partial charge in [0.25, 0.3) is 0 Å². The molecular weight excluding hydrogens is 264 g/mol. The van der Waals surface area contributed by atoms with Crippen molar-refractivity contribution in [3.8, 4) is 18.1 Å². The first-order chi connectivity index (χ1) is 8.74. The van der Waals surface area contributed by atoms with E-state index in [9.17, 15) is 4.79 Å². The Balaban J connectivity index is 0.00000180. The number of halogens is 1. The van der Waals surface area contributed by atoms with Crippen LogP contribution in [0.3, 0.4) is 0 Å². The molecule has 1 atom stereocenters. The van der Waals surface area contributed by atoms with Gasteiger partial charge in [0.2, 0.25) is 0 Å². The Morgan fingerprint density at radius 1 is 1.58 bits per heavy atom. The number of nitrogens with one attached hydrogen (secondary N) is 2. The van der Waals surface area contributed by atoms with Gasteiger partial charge in [-0.2, -0.15) is 0 Å². The Labute approximate surface area is 119 Å². The summed E-state index contributed by atoms with van der Waals surface area (Å²) in [6.45, 7) is 0.546. The van der Waals surface area contributed by atoms with Crippen LogP contribution in [-0.4, -0.2) is 19.7 Å². The van der Waals surface area contributed by atoms with Crippen LogP contribution in [0.1, 0.15) is 23.6 Å². The predicted molar refractivity (Wildman–Crippen MR) is 76.7 cm³/mol. The van der Waals surface area contributed by atoms with E-state index >= 15 is 0 Å². The van der Waals surface area contributed by atoms with Crippen molar-refractivity contribution in [2.45, 2.75) is 18.9 Å². The van der Waals surface area contributed by atoms with Gasteiger partial charge in [-0.25, -0.2) is 4.79 Å². The normalized spacial score (nSPS) is 15.9. The first-order valence-corrected chi connectivity index (χ1v) is 5.94. The highest BCUT2D eigenvalue weighted by Crippen LogP contribution is 2.33. The molecule has 0 heterocycles. The second-order valence-corrected chi connectivity index (χ2v) is 4.18. The molecule has 1 aromatic carbocycles. The number of amides is 1. The largest absolute Gasteiger partial charge is 0.412 e. The van der Waals surface area contributed by atoms with E-state index < -0.39 is 6.09 Å². The summed E-state index contributed by atoms with van der Waals surface area (Å²) in [6, 6.07) is 5.98. The van der Waals surface area contributed by atoms with Crippen LogP contribution in [-0.2, 0) is 6.42 Å². The summed E-state index contributed by atoms with van der Waals surface area (Å²) >= 11 is 0. The van der Waals surface area contributed by atoms with Crippen LogP contribution < -0.4 is 15.4 Å². The van der Waals surface area contributed by atoms with E-state index in [-0.39, 0.29) is 18.4 Å². The third-order valence-corrected chi connectivity index (χ3v) is 3.06. The van der Waals surface area contributed by atoms with Crippen molar-refractivity contribution in [1.82, 2.24) is 10.6 Å². The minimum Gasteiger partial charge on any atom is -0.410 e. The van der Waals surface area contributed by atoms with Crippen LogP contribution in [0.25, 0.3) is 0 Å². The number of hydrogen-bond donors (Lipinski definition) is 2. The maximum atomic E-state index is 11.2. The molecule has 0 fully saturated rings. The van der Waals surface area contributed by atoms with Crippen LogP contribution in [0.4, 0.5) is 4.79 Å². The fraction of sp³-hybridized carbons (Fsp3) is 0.357. The van der Waals surface area contributed by atoms with Crippen LogP contribution in [0.5, 0.6) is 5.75 Å². The quantitative estimate of drug-likeness (QED) is 0.833. The summed E-state index contributed by atoms with van der Waals surface area (Å²) in [5, 5.41) is 5.71. The smallest absolute Gasteiger partial charge is 0.410 e. The molecule has 5 heteroatoms. The molecule has 4 nitrogen and oxygen atoms in total. The highest BCUT2D eigenvalue weighted by atomic mass is 35.5. The van der Waals surface area contributed by atoms with E-state index in [2.05, 4.69) is 16.6 Å². The molecule has 2 N–H and O–H groups in total. The van der Waals surface area contributed by atoms with Gasteiger partial charge >= 0.3 is 6.09 Å². The number of benzene rings is 1. The van der Waals surface area contributed by atoms with E-state index in [4.69, 9.17) is 11.2 Å². The molecule has 0 saturated heterocycles. The number of ether oxygens (including phenoxy) is 1. The zero-order valence-corrected chi connectivity index (χ0v) is 11.5. The summed E-state index contributed by atoms with van der Waals surface area (Å²) in [4.78, 5) is 11.2.